The van der Waals surface area contributed by atoms with E-state index < -0.39 is 27.3 Å². The van der Waals surface area contributed by atoms with Crippen LogP contribution in [0.4, 0.5) is 4.39 Å². The van der Waals surface area contributed by atoms with Crippen LogP contribution in [0.25, 0.3) is 0 Å². The Morgan fingerprint density at radius 2 is 1.57 bits per heavy atom. The molecule has 4 rings (SSSR count). The van der Waals surface area contributed by atoms with Crippen molar-refractivity contribution in [2.75, 3.05) is 6.61 Å². The highest BCUT2D eigenvalue weighted by molar-refractivity contribution is 7.90. The third kappa shape index (κ3) is 6.45. The molecule has 0 bridgehead atoms. The molecule has 0 aliphatic heterocycles. The van der Waals surface area contributed by atoms with Crippen LogP contribution in [0.1, 0.15) is 36.0 Å². The molecule has 0 spiro atoms. The number of rotatable bonds is 8. The Morgan fingerprint density at radius 3 is 2.20 bits per heavy atom. The second kappa shape index (κ2) is 10.8. The molecule has 1 saturated carbocycles. The number of halogens is 3. The summed E-state index contributed by atoms with van der Waals surface area (Å²) in [6.07, 6.45) is 4.38. The van der Waals surface area contributed by atoms with Gasteiger partial charge in [0.05, 0.1) is 22.1 Å². The van der Waals surface area contributed by atoms with Crippen molar-refractivity contribution in [2.45, 2.75) is 30.6 Å². The minimum Gasteiger partial charge on any atom is -0.492 e. The summed E-state index contributed by atoms with van der Waals surface area (Å²) in [5.74, 6) is -0.676. The van der Waals surface area contributed by atoms with Crippen molar-refractivity contribution >= 4 is 39.1 Å². The maximum absolute atomic E-state index is 14.6. The highest BCUT2D eigenvalue weighted by Crippen LogP contribution is 2.31. The summed E-state index contributed by atoms with van der Waals surface area (Å²) in [7, 11) is -4.28. The molecule has 1 aliphatic rings. The van der Waals surface area contributed by atoms with E-state index in [1.165, 1.54) is 24.3 Å². The number of carbonyl (C=O) groups excluding carboxylic acids is 1. The minimum atomic E-state index is -4.28. The standard InChI is InChI=1S/C25H22Cl2FNO5S/c26-17-5-7-18(8-6-17)34-19-9-11-20(12-10-19)35(31,32)29-25(30)21-13-22(27)24(14-23(21)28)33-15-16-3-1-2-4-16/h5-14,16H,1-4,15H2,(H,29,30). The zero-order valence-electron chi connectivity index (χ0n) is 18.5. The molecule has 1 fully saturated rings. The van der Waals surface area contributed by atoms with Crippen LogP contribution in [0, 0.1) is 11.7 Å². The van der Waals surface area contributed by atoms with Crippen LogP contribution >= 0.6 is 23.2 Å². The Bertz CT molecular complexity index is 1310. The van der Waals surface area contributed by atoms with Crippen molar-refractivity contribution in [2.24, 2.45) is 5.92 Å². The van der Waals surface area contributed by atoms with Gasteiger partial charge in [-0.1, -0.05) is 36.0 Å². The van der Waals surface area contributed by atoms with Crippen molar-refractivity contribution in [1.29, 1.82) is 0 Å². The highest BCUT2D eigenvalue weighted by atomic mass is 35.5. The van der Waals surface area contributed by atoms with E-state index in [1.54, 1.807) is 24.3 Å². The molecule has 0 unspecified atom stereocenters. The first-order valence-electron chi connectivity index (χ1n) is 10.9. The van der Waals surface area contributed by atoms with Crippen molar-refractivity contribution in [1.82, 2.24) is 4.72 Å². The van der Waals surface area contributed by atoms with Crippen LogP contribution in [-0.2, 0) is 10.0 Å². The fourth-order valence-corrected chi connectivity index (χ4v) is 5.07. The third-order valence-electron chi connectivity index (χ3n) is 5.63. The summed E-state index contributed by atoms with van der Waals surface area (Å²) < 4.78 is 53.1. The van der Waals surface area contributed by atoms with Gasteiger partial charge in [0.2, 0.25) is 0 Å². The second-order valence-electron chi connectivity index (χ2n) is 8.19. The lowest BCUT2D eigenvalue weighted by Gasteiger charge is -2.14. The largest absolute Gasteiger partial charge is 0.492 e. The summed E-state index contributed by atoms with van der Waals surface area (Å²) in [6, 6.07) is 14.1. The number of sulfonamides is 1. The number of amides is 1. The second-order valence-corrected chi connectivity index (χ2v) is 10.7. The maximum atomic E-state index is 14.6. The molecular formula is C25H22Cl2FNO5S. The van der Waals surface area contributed by atoms with Gasteiger partial charge in [0.15, 0.2) is 0 Å². The molecule has 0 atom stereocenters. The lowest BCUT2D eigenvalue weighted by molar-refractivity contribution is 0.0977. The van der Waals surface area contributed by atoms with Gasteiger partial charge in [-0.2, -0.15) is 0 Å². The summed E-state index contributed by atoms with van der Waals surface area (Å²) in [4.78, 5) is 12.4. The van der Waals surface area contributed by atoms with Gasteiger partial charge in [0, 0.05) is 11.1 Å². The van der Waals surface area contributed by atoms with Gasteiger partial charge in [-0.15, -0.1) is 0 Å². The zero-order valence-corrected chi connectivity index (χ0v) is 20.8. The number of carbonyl (C=O) groups is 1. The quantitative estimate of drug-likeness (QED) is 0.349. The normalized spacial score (nSPS) is 14.0. The summed E-state index contributed by atoms with van der Waals surface area (Å²) in [5.41, 5.74) is -0.505. The van der Waals surface area contributed by atoms with Crippen molar-refractivity contribution in [3.63, 3.8) is 0 Å². The molecule has 3 aromatic rings. The minimum absolute atomic E-state index is 0.0237. The van der Waals surface area contributed by atoms with Gasteiger partial charge < -0.3 is 9.47 Å². The average molecular weight is 538 g/mol. The molecule has 0 aromatic heterocycles. The summed E-state index contributed by atoms with van der Waals surface area (Å²) in [6.45, 7) is 0.414. The molecule has 1 amide bonds. The van der Waals surface area contributed by atoms with E-state index >= 15 is 0 Å². The van der Waals surface area contributed by atoms with Crippen LogP contribution in [0.15, 0.2) is 65.6 Å². The van der Waals surface area contributed by atoms with Crippen LogP contribution in [0.5, 0.6) is 17.2 Å². The molecule has 1 aliphatic carbocycles. The first-order chi connectivity index (χ1) is 16.7. The first-order valence-corrected chi connectivity index (χ1v) is 13.2. The SMILES string of the molecule is O=C(NS(=O)(=O)c1ccc(Oc2ccc(Cl)cc2)cc1)c1cc(Cl)c(OCC2CCCC2)cc1F. The van der Waals surface area contributed by atoms with Crippen molar-refractivity contribution in [3.05, 3.63) is 82.1 Å². The molecular weight excluding hydrogens is 516 g/mol. The van der Waals surface area contributed by atoms with E-state index in [4.69, 9.17) is 32.7 Å². The van der Waals surface area contributed by atoms with Gasteiger partial charge in [-0.25, -0.2) is 17.5 Å². The predicted molar refractivity (Wildman–Crippen MR) is 131 cm³/mol. The fraction of sp³-hybridized carbons (Fsp3) is 0.240. The lowest BCUT2D eigenvalue weighted by atomic mass is 10.1. The molecule has 3 aromatic carbocycles. The summed E-state index contributed by atoms with van der Waals surface area (Å²) >= 11 is 12.0. The lowest BCUT2D eigenvalue weighted by Crippen LogP contribution is -2.31. The van der Waals surface area contributed by atoms with Crippen molar-refractivity contribution < 1.29 is 27.1 Å². The van der Waals surface area contributed by atoms with Crippen LogP contribution in [0.3, 0.4) is 0 Å². The fourth-order valence-electron chi connectivity index (χ4n) is 3.76. The van der Waals surface area contributed by atoms with Crippen LogP contribution in [0.2, 0.25) is 10.0 Å². The van der Waals surface area contributed by atoms with E-state index in [9.17, 15) is 17.6 Å². The summed E-state index contributed by atoms with van der Waals surface area (Å²) in [5, 5.41) is 0.578. The van der Waals surface area contributed by atoms with Gasteiger partial charge in [0.1, 0.15) is 23.1 Å². The molecule has 10 heteroatoms. The molecule has 0 saturated heterocycles. The van der Waals surface area contributed by atoms with Crippen LogP contribution < -0.4 is 14.2 Å². The third-order valence-corrected chi connectivity index (χ3v) is 7.52. The van der Waals surface area contributed by atoms with Gasteiger partial charge in [-0.3, -0.25) is 4.79 Å². The zero-order chi connectivity index (χ0) is 25.0. The Kier molecular flexibility index (Phi) is 7.84. The number of ether oxygens (including phenoxy) is 2. The number of benzene rings is 3. The molecule has 0 radical (unpaired) electrons. The Morgan fingerprint density at radius 1 is 0.971 bits per heavy atom. The Labute approximate surface area is 213 Å². The Balaban J connectivity index is 1.42. The maximum Gasteiger partial charge on any atom is 0.268 e. The van der Waals surface area contributed by atoms with Gasteiger partial charge >= 0.3 is 0 Å². The predicted octanol–water partition coefficient (Wildman–Crippen LogP) is 6.61. The monoisotopic (exact) mass is 537 g/mol. The molecule has 35 heavy (non-hydrogen) atoms. The number of hydrogen-bond acceptors (Lipinski definition) is 5. The van der Waals surface area contributed by atoms with E-state index in [-0.39, 0.29) is 15.7 Å². The van der Waals surface area contributed by atoms with E-state index in [2.05, 4.69) is 0 Å². The molecule has 184 valence electrons. The smallest absolute Gasteiger partial charge is 0.268 e. The number of nitrogens with one attached hydrogen (secondary N) is 1. The van der Waals surface area contributed by atoms with Gasteiger partial charge in [-0.05, 0) is 73.4 Å². The number of hydrogen-bond donors (Lipinski definition) is 1. The topological polar surface area (TPSA) is 81.7 Å². The van der Waals surface area contributed by atoms with E-state index in [0.29, 0.717) is 29.0 Å². The molecule has 6 nitrogen and oxygen atoms in total. The van der Waals surface area contributed by atoms with Crippen molar-refractivity contribution in [3.8, 4) is 17.2 Å². The van der Waals surface area contributed by atoms with E-state index in [0.717, 1.165) is 37.8 Å². The molecule has 1 N–H and O–H groups in total. The highest BCUT2D eigenvalue weighted by Gasteiger charge is 2.23. The van der Waals surface area contributed by atoms with Gasteiger partial charge in [0.25, 0.3) is 15.9 Å². The molecule has 0 heterocycles. The average Bonchev–Trinajstić information content (AvgIpc) is 3.34. The Hall–Kier alpha value is -2.81. The first kappa shape index (κ1) is 25.3. The van der Waals surface area contributed by atoms with Crippen LogP contribution in [-0.4, -0.2) is 20.9 Å². The van der Waals surface area contributed by atoms with E-state index in [1.807, 2.05) is 4.72 Å².